The molecule has 0 aliphatic carbocycles. The zero-order valence-electron chi connectivity index (χ0n) is 10.4. The van der Waals surface area contributed by atoms with Crippen LogP contribution in [0.1, 0.15) is 12.0 Å². The molecule has 3 rings (SSSR count). The van der Waals surface area contributed by atoms with Gasteiger partial charge in [-0.05, 0) is 12.1 Å². The molecule has 6 heteroatoms. The highest BCUT2D eigenvalue weighted by Crippen LogP contribution is 2.33. The predicted molar refractivity (Wildman–Crippen MR) is 68.2 cm³/mol. The van der Waals surface area contributed by atoms with Gasteiger partial charge in [-0.1, -0.05) is 6.07 Å². The van der Waals surface area contributed by atoms with Gasteiger partial charge in [0, 0.05) is 5.56 Å². The molecule has 1 fully saturated rings. The lowest BCUT2D eigenvalue weighted by Crippen LogP contribution is -2.40. The van der Waals surface area contributed by atoms with Gasteiger partial charge in [0.1, 0.15) is 11.8 Å². The van der Waals surface area contributed by atoms with Crippen molar-refractivity contribution in [1.29, 1.82) is 0 Å². The number of hydrogen-bond donors (Lipinski definition) is 1. The molecule has 2 amide bonds. The number of ether oxygens (including phenoxy) is 1. The molecule has 1 N–H and O–H groups in total. The Balaban J connectivity index is 1.90. The summed E-state index contributed by atoms with van der Waals surface area (Å²) in [5, 5.41) is 2.30. The van der Waals surface area contributed by atoms with Crippen LogP contribution in [0.15, 0.2) is 23.2 Å². The first-order valence-electron chi connectivity index (χ1n) is 5.98. The number of aliphatic imine (C=N–C) groups is 1. The monoisotopic (exact) mass is 259 g/mol. The van der Waals surface area contributed by atoms with Crippen molar-refractivity contribution in [1.82, 2.24) is 10.2 Å². The third-order valence-corrected chi connectivity index (χ3v) is 3.36. The summed E-state index contributed by atoms with van der Waals surface area (Å²) in [6, 6.07) is 5.15. The number of carbonyl (C=O) groups excluding carboxylic acids is 2. The smallest absolute Gasteiger partial charge is 0.249 e. The van der Waals surface area contributed by atoms with E-state index in [4.69, 9.17) is 4.74 Å². The number of imide groups is 1. The van der Waals surface area contributed by atoms with E-state index in [9.17, 15) is 9.59 Å². The van der Waals surface area contributed by atoms with Gasteiger partial charge >= 0.3 is 0 Å². The van der Waals surface area contributed by atoms with Gasteiger partial charge in [0.05, 0.1) is 32.1 Å². The number of rotatable bonds is 2. The van der Waals surface area contributed by atoms with Crippen molar-refractivity contribution in [2.45, 2.75) is 19.0 Å². The van der Waals surface area contributed by atoms with E-state index in [0.717, 1.165) is 17.0 Å². The van der Waals surface area contributed by atoms with E-state index >= 15 is 0 Å². The molecule has 6 nitrogen and oxygen atoms in total. The average Bonchev–Trinajstić information content (AvgIpc) is 2.76. The summed E-state index contributed by atoms with van der Waals surface area (Å²) in [7, 11) is 1.60. The Kier molecular flexibility index (Phi) is 2.70. The third kappa shape index (κ3) is 1.95. The second-order valence-electron chi connectivity index (χ2n) is 4.51. The van der Waals surface area contributed by atoms with E-state index in [-0.39, 0.29) is 18.2 Å². The maximum absolute atomic E-state index is 11.7. The minimum absolute atomic E-state index is 0.176. The molecule has 1 unspecified atom stereocenters. The van der Waals surface area contributed by atoms with E-state index in [0.29, 0.717) is 6.54 Å². The molecule has 2 heterocycles. The molecule has 0 spiro atoms. The van der Waals surface area contributed by atoms with Crippen LogP contribution in [-0.4, -0.2) is 36.2 Å². The lowest BCUT2D eigenvalue weighted by molar-refractivity contribution is -0.125. The van der Waals surface area contributed by atoms with Crippen LogP contribution >= 0.6 is 0 Å². The Bertz CT molecular complexity index is 582. The molecule has 0 radical (unpaired) electrons. The van der Waals surface area contributed by atoms with Crippen LogP contribution in [0.25, 0.3) is 0 Å². The Morgan fingerprint density at radius 2 is 2.26 bits per heavy atom. The molecule has 0 saturated carbocycles. The normalized spacial score (nSPS) is 21.3. The number of amides is 2. The third-order valence-electron chi connectivity index (χ3n) is 3.36. The molecule has 19 heavy (non-hydrogen) atoms. The predicted octanol–water partition coefficient (Wildman–Crippen LogP) is 0.586. The largest absolute Gasteiger partial charge is 0.496 e. The number of methoxy groups -OCH3 is 1. The maximum atomic E-state index is 11.7. The molecule has 0 aromatic heterocycles. The van der Waals surface area contributed by atoms with E-state index in [1.165, 1.54) is 0 Å². The van der Waals surface area contributed by atoms with Gasteiger partial charge in [0.25, 0.3) is 0 Å². The van der Waals surface area contributed by atoms with Gasteiger partial charge in [0.2, 0.25) is 11.8 Å². The number of hydrogen-bond acceptors (Lipinski definition) is 5. The van der Waals surface area contributed by atoms with Crippen LogP contribution in [0.3, 0.4) is 0 Å². The second-order valence-corrected chi connectivity index (χ2v) is 4.51. The Labute approximate surface area is 110 Å². The van der Waals surface area contributed by atoms with Crippen molar-refractivity contribution < 1.29 is 14.3 Å². The van der Waals surface area contributed by atoms with Gasteiger partial charge < -0.3 is 9.64 Å². The highest BCUT2D eigenvalue weighted by molar-refractivity contribution is 6.06. The minimum Gasteiger partial charge on any atom is -0.496 e. The molecule has 2 aliphatic heterocycles. The fraction of sp³-hybridized carbons (Fsp3) is 0.308. The molecule has 0 bridgehead atoms. The summed E-state index contributed by atoms with van der Waals surface area (Å²) in [6.45, 7) is 0.508. The zero-order chi connectivity index (χ0) is 13.4. The highest BCUT2D eigenvalue weighted by Gasteiger charge is 2.35. The van der Waals surface area contributed by atoms with Crippen LogP contribution < -0.4 is 10.1 Å². The quantitative estimate of drug-likeness (QED) is 0.789. The van der Waals surface area contributed by atoms with E-state index in [2.05, 4.69) is 10.3 Å². The molecular formula is C13H13N3O3. The number of carbonyl (C=O) groups is 2. The molecule has 1 saturated heterocycles. The van der Waals surface area contributed by atoms with Crippen LogP contribution in [0, 0.1) is 0 Å². The van der Waals surface area contributed by atoms with Crippen molar-refractivity contribution in [3.8, 4) is 5.75 Å². The highest BCUT2D eigenvalue weighted by atomic mass is 16.5. The molecule has 1 aromatic carbocycles. The summed E-state index contributed by atoms with van der Waals surface area (Å²) >= 11 is 0. The van der Waals surface area contributed by atoms with Crippen LogP contribution in [-0.2, 0) is 16.1 Å². The van der Waals surface area contributed by atoms with Crippen molar-refractivity contribution in [2.75, 3.05) is 7.11 Å². The number of nitrogens with zero attached hydrogens (tertiary/aromatic N) is 2. The van der Waals surface area contributed by atoms with E-state index in [1.807, 2.05) is 18.2 Å². The average molecular weight is 259 g/mol. The van der Waals surface area contributed by atoms with Gasteiger partial charge in [-0.2, -0.15) is 0 Å². The topological polar surface area (TPSA) is 71.0 Å². The summed E-state index contributed by atoms with van der Waals surface area (Å²) < 4.78 is 5.30. The first-order chi connectivity index (χ1) is 9.19. The van der Waals surface area contributed by atoms with E-state index < -0.39 is 6.04 Å². The first-order valence-corrected chi connectivity index (χ1v) is 5.98. The summed E-state index contributed by atoms with van der Waals surface area (Å²) in [4.78, 5) is 29.0. The SMILES string of the molecule is COc1cccc2c1CN(C1CC(=O)NC1=O)C=N2. The molecule has 2 aliphatic rings. The Morgan fingerprint density at radius 1 is 1.42 bits per heavy atom. The van der Waals surface area contributed by atoms with Gasteiger partial charge in [-0.15, -0.1) is 0 Å². The lowest BCUT2D eigenvalue weighted by Gasteiger charge is -2.28. The van der Waals surface area contributed by atoms with Gasteiger partial charge in [0.15, 0.2) is 0 Å². The zero-order valence-corrected chi connectivity index (χ0v) is 10.4. The Hall–Kier alpha value is -2.37. The van der Waals surface area contributed by atoms with Gasteiger partial charge in [-0.25, -0.2) is 4.99 Å². The first kappa shape index (κ1) is 11.7. The molecular weight excluding hydrogens is 246 g/mol. The fourth-order valence-electron chi connectivity index (χ4n) is 2.38. The molecule has 1 atom stereocenters. The van der Waals surface area contributed by atoms with Gasteiger partial charge in [-0.3, -0.25) is 14.9 Å². The minimum atomic E-state index is -0.477. The van der Waals surface area contributed by atoms with Crippen LogP contribution in [0.2, 0.25) is 0 Å². The Morgan fingerprint density at radius 3 is 2.95 bits per heavy atom. The van der Waals surface area contributed by atoms with Crippen LogP contribution in [0.4, 0.5) is 5.69 Å². The number of nitrogens with one attached hydrogen (secondary N) is 1. The second kappa shape index (κ2) is 4.38. The van der Waals surface area contributed by atoms with E-state index in [1.54, 1.807) is 18.3 Å². The maximum Gasteiger partial charge on any atom is 0.249 e. The van der Waals surface area contributed by atoms with Crippen molar-refractivity contribution >= 4 is 23.8 Å². The van der Waals surface area contributed by atoms with Crippen molar-refractivity contribution in [2.24, 2.45) is 4.99 Å². The lowest BCUT2D eigenvalue weighted by atomic mass is 10.1. The number of fused-ring (bicyclic) bond motifs is 1. The summed E-state index contributed by atoms with van der Waals surface area (Å²) in [6.07, 6.45) is 1.79. The van der Waals surface area contributed by atoms with Crippen molar-refractivity contribution in [3.63, 3.8) is 0 Å². The molecule has 1 aromatic rings. The number of benzene rings is 1. The summed E-state index contributed by atoms with van der Waals surface area (Å²) in [5.41, 5.74) is 1.76. The fourth-order valence-corrected chi connectivity index (χ4v) is 2.38. The van der Waals surface area contributed by atoms with Crippen molar-refractivity contribution in [3.05, 3.63) is 23.8 Å². The molecule has 98 valence electrons. The van der Waals surface area contributed by atoms with Crippen LogP contribution in [0.5, 0.6) is 5.75 Å². The summed E-state index contributed by atoms with van der Waals surface area (Å²) in [5.74, 6) is 0.230. The standard InChI is InChI=1S/C13H13N3O3/c1-19-11-4-2-3-9-8(11)6-16(7-14-9)10-5-12(17)15-13(10)18/h2-4,7,10H,5-6H2,1H3,(H,15,17,18).